The summed E-state index contributed by atoms with van der Waals surface area (Å²) in [5.74, 6) is 1.94. The Morgan fingerprint density at radius 3 is 2.32 bits per heavy atom. The van der Waals surface area contributed by atoms with Crippen molar-refractivity contribution in [3.8, 4) is 29.4 Å². The van der Waals surface area contributed by atoms with Crippen molar-refractivity contribution in [1.82, 2.24) is 0 Å². The van der Waals surface area contributed by atoms with Crippen LogP contribution in [0.3, 0.4) is 0 Å². The van der Waals surface area contributed by atoms with Crippen molar-refractivity contribution in [1.29, 1.82) is 10.5 Å². The van der Waals surface area contributed by atoms with Crippen LogP contribution < -0.4 is 14.2 Å². The molecule has 0 saturated heterocycles. The van der Waals surface area contributed by atoms with Gasteiger partial charge in [-0.05, 0) is 42.8 Å². The van der Waals surface area contributed by atoms with Crippen molar-refractivity contribution in [3.05, 3.63) is 59.7 Å². The average molecular weight is 334 g/mol. The van der Waals surface area contributed by atoms with Crippen LogP contribution in [0.5, 0.6) is 17.2 Å². The molecule has 126 valence electrons. The summed E-state index contributed by atoms with van der Waals surface area (Å²) in [4.78, 5) is 0. The van der Waals surface area contributed by atoms with Crippen molar-refractivity contribution < 1.29 is 14.2 Å². The summed E-state index contributed by atoms with van der Waals surface area (Å²) in [6.07, 6.45) is 1.50. The number of ether oxygens (including phenoxy) is 3. The van der Waals surface area contributed by atoms with Gasteiger partial charge in [-0.1, -0.05) is 24.3 Å². The molecule has 0 N–H and O–H groups in total. The molecule has 5 heteroatoms. The number of allylic oxidation sites excluding steroid dienone is 1. The molecule has 2 aromatic carbocycles. The fourth-order valence-electron chi connectivity index (χ4n) is 2.09. The van der Waals surface area contributed by atoms with Crippen molar-refractivity contribution >= 4 is 6.08 Å². The number of rotatable bonds is 8. The van der Waals surface area contributed by atoms with E-state index in [1.165, 1.54) is 6.08 Å². The quantitative estimate of drug-likeness (QED) is 0.539. The van der Waals surface area contributed by atoms with Crippen molar-refractivity contribution in [3.63, 3.8) is 0 Å². The molecular weight excluding hydrogens is 316 g/mol. The van der Waals surface area contributed by atoms with Gasteiger partial charge in [0.1, 0.15) is 36.7 Å². The van der Waals surface area contributed by atoms with E-state index in [-0.39, 0.29) is 5.57 Å². The summed E-state index contributed by atoms with van der Waals surface area (Å²) in [6.45, 7) is 3.13. The van der Waals surface area contributed by atoms with Crippen molar-refractivity contribution in [2.24, 2.45) is 0 Å². The van der Waals surface area contributed by atoms with Gasteiger partial charge in [0.25, 0.3) is 0 Å². The maximum Gasteiger partial charge on any atom is 0.161 e. The van der Waals surface area contributed by atoms with Gasteiger partial charge in [-0.3, -0.25) is 0 Å². The van der Waals surface area contributed by atoms with Crippen LogP contribution in [0.25, 0.3) is 6.08 Å². The van der Waals surface area contributed by atoms with E-state index in [0.717, 1.165) is 5.75 Å². The molecule has 0 atom stereocenters. The van der Waals surface area contributed by atoms with Crippen LogP contribution in [0.15, 0.2) is 54.1 Å². The highest BCUT2D eigenvalue weighted by atomic mass is 16.5. The van der Waals surface area contributed by atoms with E-state index in [1.54, 1.807) is 18.2 Å². The maximum atomic E-state index is 8.84. The molecule has 0 spiro atoms. The van der Waals surface area contributed by atoms with Crippen LogP contribution in [0.1, 0.15) is 12.5 Å². The normalized spacial score (nSPS) is 9.40. The largest absolute Gasteiger partial charge is 0.490 e. The molecule has 5 nitrogen and oxygen atoms in total. The lowest BCUT2D eigenvalue weighted by Gasteiger charge is -2.13. The second-order valence-electron chi connectivity index (χ2n) is 4.93. The Balaban J connectivity index is 2.01. The average Bonchev–Trinajstić information content (AvgIpc) is 2.65. The lowest BCUT2D eigenvalue weighted by atomic mass is 10.1. The topological polar surface area (TPSA) is 75.3 Å². The maximum absolute atomic E-state index is 8.84. The number of hydrogen-bond donors (Lipinski definition) is 0. The smallest absolute Gasteiger partial charge is 0.161 e. The number of nitrogens with zero attached hydrogens (tertiary/aromatic N) is 2. The van der Waals surface area contributed by atoms with Gasteiger partial charge in [-0.15, -0.1) is 0 Å². The Morgan fingerprint density at radius 1 is 0.920 bits per heavy atom. The zero-order valence-corrected chi connectivity index (χ0v) is 13.9. The second-order valence-corrected chi connectivity index (χ2v) is 4.93. The second kappa shape index (κ2) is 9.64. The fourth-order valence-corrected chi connectivity index (χ4v) is 2.09. The van der Waals surface area contributed by atoms with Gasteiger partial charge < -0.3 is 14.2 Å². The molecule has 0 aliphatic heterocycles. The molecule has 25 heavy (non-hydrogen) atoms. The molecule has 0 heterocycles. The highest BCUT2D eigenvalue weighted by Crippen LogP contribution is 2.29. The molecule has 0 aliphatic rings. The molecule has 2 aromatic rings. The van der Waals surface area contributed by atoms with Gasteiger partial charge >= 0.3 is 0 Å². The molecule has 0 bridgehead atoms. The van der Waals surface area contributed by atoms with Gasteiger partial charge in [-0.2, -0.15) is 10.5 Å². The zero-order chi connectivity index (χ0) is 17.9. The van der Waals surface area contributed by atoms with E-state index in [9.17, 15) is 0 Å². The van der Waals surface area contributed by atoms with Crippen LogP contribution in [0.2, 0.25) is 0 Å². The molecule has 0 radical (unpaired) electrons. The summed E-state index contributed by atoms with van der Waals surface area (Å²) >= 11 is 0. The molecule has 0 saturated carbocycles. The molecule has 0 amide bonds. The van der Waals surface area contributed by atoms with Crippen LogP contribution in [0, 0.1) is 22.7 Å². The van der Waals surface area contributed by atoms with Gasteiger partial charge in [0.05, 0.1) is 6.61 Å². The first-order valence-corrected chi connectivity index (χ1v) is 7.86. The lowest BCUT2D eigenvalue weighted by molar-refractivity contribution is 0.208. The fraction of sp³-hybridized carbons (Fsp3) is 0.200. The van der Waals surface area contributed by atoms with Crippen LogP contribution >= 0.6 is 0 Å². The van der Waals surface area contributed by atoms with E-state index in [2.05, 4.69) is 0 Å². The molecule has 0 aliphatic carbocycles. The third-order valence-electron chi connectivity index (χ3n) is 3.17. The minimum absolute atomic E-state index is 0.0346. The summed E-state index contributed by atoms with van der Waals surface area (Å²) in [5.41, 5.74) is 0.738. The first-order chi connectivity index (χ1) is 12.3. The van der Waals surface area contributed by atoms with E-state index >= 15 is 0 Å². The summed E-state index contributed by atoms with van der Waals surface area (Å²) in [7, 11) is 0. The third kappa shape index (κ3) is 5.60. The molecule has 2 rings (SSSR count). The summed E-state index contributed by atoms with van der Waals surface area (Å²) in [5, 5.41) is 17.7. The third-order valence-corrected chi connectivity index (χ3v) is 3.17. The van der Waals surface area contributed by atoms with Crippen molar-refractivity contribution in [2.45, 2.75) is 6.92 Å². The monoisotopic (exact) mass is 334 g/mol. The first-order valence-electron chi connectivity index (χ1n) is 7.86. The van der Waals surface area contributed by atoms with Gasteiger partial charge in [0, 0.05) is 0 Å². The van der Waals surface area contributed by atoms with E-state index in [0.29, 0.717) is 36.9 Å². The summed E-state index contributed by atoms with van der Waals surface area (Å²) < 4.78 is 16.9. The predicted octanol–water partition coefficient (Wildman–Crippen LogP) is 3.97. The highest BCUT2D eigenvalue weighted by Gasteiger charge is 2.07. The molecular formula is C20H18N2O3. The van der Waals surface area contributed by atoms with E-state index < -0.39 is 0 Å². The van der Waals surface area contributed by atoms with Crippen molar-refractivity contribution in [2.75, 3.05) is 19.8 Å². The SMILES string of the molecule is CCOc1cc(C=C(C#N)C#N)ccc1OCCOc1ccccc1. The van der Waals surface area contributed by atoms with Gasteiger partial charge in [0.15, 0.2) is 11.5 Å². The van der Waals surface area contributed by atoms with Crippen LogP contribution in [0.4, 0.5) is 0 Å². The molecule has 0 aromatic heterocycles. The van der Waals surface area contributed by atoms with E-state index in [4.69, 9.17) is 24.7 Å². The lowest BCUT2D eigenvalue weighted by Crippen LogP contribution is -2.09. The molecule has 0 fully saturated rings. The first kappa shape index (κ1) is 17.9. The number of nitriles is 2. The number of benzene rings is 2. The minimum Gasteiger partial charge on any atom is -0.490 e. The summed E-state index contributed by atoms with van der Waals surface area (Å²) in [6, 6.07) is 18.4. The predicted molar refractivity (Wildman–Crippen MR) is 94.2 cm³/mol. The number of para-hydroxylation sites is 1. The Morgan fingerprint density at radius 2 is 1.64 bits per heavy atom. The minimum atomic E-state index is 0.0346. The molecule has 0 unspecified atom stereocenters. The standard InChI is InChI=1S/C20H18N2O3/c1-2-23-20-13-16(12-17(14-21)15-22)8-9-19(20)25-11-10-24-18-6-4-3-5-7-18/h3-9,12-13H,2,10-11H2,1H3. The number of hydrogen-bond acceptors (Lipinski definition) is 5. The Hall–Kier alpha value is -3.44. The van der Waals surface area contributed by atoms with E-state index in [1.807, 2.05) is 49.4 Å². The van der Waals surface area contributed by atoms with Gasteiger partial charge in [-0.25, -0.2) is 0 Å². The Kier molecular flexibility index (Phi) is 6.91. The van der Waals surface area contributed by atoms with Gasteiger partial charge in [0.2, 0.25) is 0 Å². The Bertz CT molecular complexity index is 786. The Labute approximate surface area is 147 Å². The zero-order valence-electron chi connectivity index (χ0n) is 13.9. The highest BCUT2D eigenvalue weighted by molar-refractivity contribution is 5.64. The van der Waals surface area contributed by atoms with Crippen LogP contribution in [-0.2, 0) is 0 Å². The van der Waals surface area contributed by atoms with Crippen LogP contribution in [-0.4, -0.2) is 19.8 Å².